The molecular weight excluding hydrogens is 380 g/mol. The molecule has 1 amide bonds. The number of hydrogen-bond acceptors (Lipinski definition) is 5. The fourth-order valence-corrected chi connectivity index (χ4v) is 4.60. The lowest BCUT2D eigenvalue weighted by Crippen LogP contribution is -2.53. The van der Waals surface area contributed by atoms with Gasteiger partial charge in [0.05, 0.1) is 12.9 Å². The molecule has 0 radical (unpaired) electrons. The van der Waals surface area contributed by atoms with Gasteiger partial charge in [-0.2, -0.15) is 0 Å². The second kappa shape index (κ2) is 9.60. The molecule has 0 heterocycles. The van der Waals surface area contributed by atoms with Crippen molar-refractivity contribution in [3.8, 4) is 11.5 Å². The van der Waals surface area contributed by atoms with Gasteiger partial charge in [-0.25, -0.2) is 13.1 Å². The number of phenols is 1. The molecule has 1 fully saturated rings. The Balaban J connectivity index is 2.20. The lowest BCUT2D eigenvalue weighted by atomic mass is 9.79. The van der Waals surface area contributed by atoms with Crippen LogP contribution in [0, 0.1) is 5.92 Å². The summed E-state index contributed by atoms with van der Waals surface area (Å²) in [5, 5.41) is 12.9. The molecule has 0 saturated heterocycles. The van der Waals surface area contributed by atoms with Crippen molar-refractivity contribution in [1.82, 2.24) is 10.0 Å². The summed E-state index contributed by atoms with van der Waals surface area (Å²) in [4.78, 5) is 12.9. The van der Waals surface area contributed by atoms with Gasteiger partial charge in [0.15, 0.2) is 11.5 Å². The van der Waals surface area contributed by atoms with Crippen molar-refractivity contribution in [3.63, 3.8) is 0 Å². The zero-order chi connectivity index (χ0) is 20.9. The van der Waals surface area contributed by atoms with Crippen molar-refractivity contribution in [3.05, 3.63) is 23.8 Å². The van der Waals surface area contributed by atoms with Crippen LogP contribution in [0.4, 0.5) is 0 Å². The molecule has 1 aliphatic rings. The van der Waals surface area contributed by atoms with E-state index in [9.17, 15) is 18.3 Å². The summed E-state index contributed by atoms with van der Waals surface area (Å²) in [6, 6.07) is 4.37. The van der Waals surface area contributed by atoms with Gasteiger partial charge in [-0.3, -0.25) is 4.79 Å². The van der Waals surface area contributed by atoms with Crippen LogP contribution in [-0.4, -0.2) is 44.4 Å². The second-order valence-corrected chi connectivity index (χ2v) is 9.72. The number of rotatable bonds is 8. The summed E-state index contributed by atoms with van der Waals surface area (Å²) in [5.74, 6) is 0.0399. The molecule has 0 spiro atoms. The second-order valence-electron chi connectivity index (χ2n) is 7.68. The highest BCUT2D eigenvalue weighted by atomic mass is 32.2. The summed E-state index contributed by atoms with van der Waals surface area (Å²) in [5.41, 5.74) is 0.995. The Morgan fingerprint density at radius 1 is 1.29 bits per heavy atom. The molecule has 3 atom stereocenters. The van der Waals surface area contributed by atoms with Crippen LogP contribution in [0.3, 0.4) is 0 Å². The third-order valence-corrected chi connectivity index (χ3v) is 6.73. The highest BCUT2D eigenvalue weighted by Gasteiger charge is 2.32. The Kier molecular flexibility index (Phi) is 7.71. The van der Waals surface area contributed by atoms with Crippen molar-refractivity contribution in [1.29, 1.82) is 0 Å². The topological polar surface area (TPSA) is 105 Å². The van der Waals surface area contributed by atoms with Crippen molar-refractivity contribution >= 4 is 15.9 Å². The van der Waals surface area contributed by atoms with E-state index in [0.717, 1.165) is 31.2 Å². The average molecular weight is 413 g/mol. The number of methoxy groups -OCH3 is 1. The Morgan fingerprint density at radius 2 is 1.96 bits per heavy atom. The van der Waals surface area contributed by atoms with E-state index in [2.05, 4.69) is 10.0 Å². The fraction of sp³-hybridized carbons (Fsp3) is 0.650. The minimum atomic E-state index is -3.48. The SMILES string of the molecule is CCS(=O)(=O)N[C@H](C(=O)N[C@@H]1CCCC[C@H]1c1ccc(O)c(OC)c1)C(C)C. The monoisotopic (exact) mass is 412 g/mol. The lowest BCUT2D eigenvalue weighted by Gasteiger charge is -2.34. The molecule has 0 aromatic heterocycles. The van der Waals surface area contributed by atoms with Crippen LogP contribution in [0.2, 0.25) is 0 Å². The van der Waals surface area contributed by atoms with E-state index in [0.29, 0.717) is 5.75 Å². The van der Waals surface area contributed by atoms with E-state index in [-0.39, 0.29) is 35.3 Å². The van der Waals surface area contributed by atoms with E-state index in [4.69, 9.17) is 4.74 Å². The van der Waals surface area contributed by atoms with Gasteiger partial charge in [0, 0.05) is 12.0 Å². The standard InChI is InChI=1S/C20H32N2O5S/c1-5-28(25,26)22-19(13(2)3)20(24)21-16-9-7-6-8-15(16)14-10-11-17(23)18(12-14)27-4/h10-13,15-16,19,22-23H,5-9H2,1-4H3,(H,21,24)/t15-,16+,19-/m0/s1. The van der Waals surface area contributed by atoms with Crippen LogP contribution in [0.15, 0.2) is 18.2 Å². The van der Waals surface area contributed by atoms with E-state index in [1.807, 2.05) is 26.0 Å². The van der Waals surface area contributed by atoms with Crippen molar-refractivity contribution < 1.29 is 23.1 Å². The van der Waals surface area contributed by atoms with Crippen molar-refractivity contribution in [2.24, 2.45) is 5.92 Å². The molecule has 0 aliphatic heterocycles. The maximum Gasteiger partial charge on any atom is 0.238 e. The number of carbonyl (C=O) groups is 1. The first-order valence-electron chi connectivity index (χ1n) is 9.85. The molecular formula is C20H32N2O5S. The smallest absolute Gasteiger partial charge is 0.238 e. The average Bonchev–Trinajstić information content (AvgIpc) is 2.67. The van der Waals surface area contributed by atoms with Crippen LogP contribution in [0.5, 0.6) is 11.5 Å². The first-order chi connectivity index (χ1) is 13.2. The minimum Gasteiger partial charge on any atom is -0.504 e. The van der Waals surface area contributed by atoms with Crippen molar-refractivity contribution in [2.45, 2.75) is 64.5 Å². The number of nitrogens with one attached hydrogen (secondary N) is 2. The minimum absolute atomic E-state index is 0.0666. The predicted molar refractivity (Wildman–Crippen MR) is 109 cm³/mol. The number of aromatic hydroxyl groups is 1. The maximum atomic E-state index is 12.9. The number of carbonyl (C=O) groups excluding carboxylic acids is 1. The van der Waals surface area contributed by atoms with Crippen LogP contribution >= 0.6 is 0 Å². The number of ether oxygens (including phenoxy) is 1. The van der Waals surface area contributed by atoms with E-state index in [1.54, 1.807) is 13.0 Å². The molecule has 1 aromatic carbocycles. The number of amides is 1. The zero-order valence-corrected chi connectivity index (χ0v) is 17.9. The summed E-state index contributed by atoms with van der Waals surface area (Å²) in [6.45, 7) is 5.20. The highest BCUT2D eigenvalue weighted by molar-refractivity contribution is 7.89. The highest BCUT2D eigenvalue weighted by Crippen LogP contribution is 2.37. The summed E-state index contributed by atoms with van der Waals surface area (Å²) in [7, 11) is -1.98. The largest absolute Gasteiger partial charge is 0.504 e. The van der Waals surface area contributed by atoms with E-state index in [1.165, 1.54) is 7.11 Å². The van der Waals surface area contributed by atoms with Gasteiger partial charge in [-0.1, -0.05) is 32.8 Å². The predicted octanol–water partition coefficient (Wildman–Crippen LogP) is 2.51. The molecule has 158 valence electrons. The molecule has 0 bridgehead atoms. The molecule has 7 nitrogen and oxygen atoms in total. The number of benzene rings is 1. The van der Waals surface area contributed by atoms with Crippen LogP contribution in [0.25, 0.3) is 0 Å². The third kappa shape index (κ3) is 5.61. The Labute approximate surface area is 167 Å². The number of hydrogen-bond donors (Lipinski definition) is 3. The molecule has 2 rings (SSSR count). The van der Waals surface area contributed by atoms with Gasteiger partial charge in [-0.05, 0) is 43.4 Å². The Morgan fingerprint density at radius 3 is 2.57 bits per heavy atom. The van der Waals surface area contributed by atoms with Gasteiger partial charge in [0.25, 0.3) is 0 Å². The first-order valence-corrected chi connectivity index (χ1v) is 11.5. The fourth-order valence-electron chi connectivity index (χ4n) is 3.67. The molecule has 8 heteroatoms. The van der Waals surface area contributed by atoms with E-state index < -0.39 is 16.1 Å². The molecule has 0 unspecified atom stereocenters. The molecule has 28 heavy (non-hydrogen) atoms. The van der Waals surface area contributed by atoms with Crippen molar-refractivity contribution in [2.75, 3.05) is 12.9 Å². The van der Waals surface area contributed by atoms with Gasteiger partial charge in [-0.15, -0.1) is 0 Å². The van der Waals surface area contributed by atoms with Gasteiger partial charge < -0.3 is 15.2 Å². The molecule has 1 aromatic rings. The molecule has 3 N–H and O–H groups in total. The van der Waals surface area contributed by atoms with Crippen LogP contribution in [0.1, 0.15) is 57.9 Å². The van der Waals surface area contributed by atoms with E-state index >= 15 is 0 Å². The van der Waals surface area contributed by atoms with Gasteiger partial charge in [0.2, 0.25) is 15.9 Å². The van der Waals surface area contributed by atoms with Crippen LogP contribution in [-0.2, 0) is 14.8 Å². The number of sulfonamides is 1. The molecule has 1 saturated carbocycles. The zero-order valence-electron chi connectivity index (χ0n) is 17.1. The summed E-state index contributed by atoms with van der Waals surface area (Å²) < 4.78 is 31.7. The summed E-state index contributed by atoms with van der Waals surface area (Å²) in [6.07, 6.45) is 3.79. The maximum absolute atomic E-state index is 12.9. The number of phenolic OH excluding ortho intramolecular Hbond substituents is 1. The third-order valence-electron chi connectivity index (χ3n) is 5.36. The van der Waals surface area contributed by atoms with Gasteiger partial charge in [0.1, 0.15) is 6.04 Å². The summed E-state index contributed by atoms with van der Waals surface area (Å²) >= 11 is 0. The van der Waals surface area contributed by atoms with Crippen LogP contribution < -0.4 is 14.8 Å². The molecule has 1 aliphatic carbocycles. The van der Waals surface area contributed by atoms with Gasteiger partial charge >= 0.3 is 0 Å². The lowest BCUT2D eigenvalue weighted by molar-refractivity contribution is -0.124. The first kappa shape index (κ1) is 22.5. The Bertz CT molecular complexity index is 779. The Hall–Kier alpha value is -1.80. The normalized spacial score (nSPS) is 21.3. The quantitative estimate of drug-likeness (QED) is 0.608.